The van der Waals surface area contributed by atoms with Crippen LogP contribution in [0.2, 0.25) is 0 Å². The van der Waals surface area contributed by atoms with Crippen molar-refractivity contribution in [2.24, 2.45) is 0 Å². The maximum atomic E-state index is 12.8. The van der Waals surface area contributed by atoms with E-state index in [1.807, 2.05) is 0 Å². The standard InChI is InChI=1S/C25H21N3O5S/c1-27(34(31,32)20-6-3-2-4-7-20)18-10-12-19(13-11-18)33-25(30)17-9-14-21-22(16-17)26-23-8-5-15-28(23)24(21)29/h2-4,6-7,9-14,16H,5,8,15H2,1H3. The highest BCUT2D eigenvalue weighted by molar-refractivity contribution is 7.92. The van der Waals surface area contributed by atoms with Crippen LogP contribution in [0.5, 0.6) is 5.75 Å². The molecule has 0 saturated carbocycles. The number of nitrogens with zero attached hydrogens (tertiary/aromatic N) is 3. The maximum absolute atomic E-state index is 12.8. The minimum Gasteiger partial charge on any atom is -0.423 e. The van der Waals surface area contributed by atoms with Crippen molar-refractivity contribution < 1.29 is 17.9 Å². The van der Waals surface area contributed by atoms with E-state index in [2.05, 4.69) is 4.98 Å². The largest absolute Gasteiger partial charge is 0.423 e. The van der Waals surface area contributed by atoms with Crippen LogP contribution in [0, 0.1) is 0 Å². The highest BCUT2D eigenvalue weighted by atomic mass is 32.2. The Bertz CT molecular complexity index is 1560. The molecule has 0 bridgehead atoms. The van der Waals surface area contributed by atoms with Gasteiger partial charge < -0.3 is 4.74 Å². The van der Waals surface area contributed by atoms with Gasteiger partial charge in [0.2, 0.25) is 0 Å². The van der Waals surface area contributed by atoms with E-state index in [0.717, 1.165) is 18.7 Å². The van der Waals surface area contributed by atoms with Crippen molar-refractivity contribution in [1.29, 1.82) is 0 Å². The number of hydrogen-bond acceptors (Lipinski definition) is 6. The second kappa shape index (κ2) is 8.42. The van der Waals surface area contributed by atoms with Crippen LogP contribution in [0.4, 0.5) is 5.69 Å². The molecule has 0 unspecified atom stereocenters. The molecule has 172 valence electrons. The highest BCUT2D eigenvalue weighted by Crippen LogP contribution is 2.25. The molecular weight excluding hydrogens is 454 g/mol. The molecule has 0 spiro atoms. The van der Waals surface area contributed by atoms with E-state index in [-0.39, 0.29) is 21.8 Å². The van der Waals surface area contributed by atoms with Crippen LogP contribution < -0.4 is 14.6 Å². The van der Waals surface area contributed by atoms with Gasteiger partial charge in [-0.25, -0.2) is 18.2 Å². The predicted octanol–water partition coefficient (Wildman–Crippen LogP) is 3.39. The first kappa shape index (κ1) is 21.8. The van der Waals surface area contributed by atoms with E-state index in [0.29, 0.717) is 23.1 Å². The molecule has 34 heavy (non-hydrogen) atoms. The Kier molecular flexibility index (Phi) is 5.41. The molecule has 0 radical (unpaired) electrons. The van der Waals surface area contributed by atoms with Crippen LogP contribution in [-0.4, -0.2) is 31.0 Å². The van der Waals surface area contributed by atoms with Crippen LogP contribution in [0.25, 0.3) is 10.9 Å². The van der Waals surface area contributed by atoms with Gasteiger partial charge in [0.1, 0.15) is 11.6 Å². The third-order valence-corrected chi connectivity index (χ3v) is 7.66. The molecule has 0 saturated heterocycles. The van der Waals surface area contributed by atoms with Crippen molar-refractivity contribution in [3.8, 4) is 5.75 Å². The molecule has 0 N–H and O–H groups in total. The molecule has 4 aromatic rings. The second-order valence-corrected chi connectivity index (χ2v) is 9.96. The van der Waals surface area contributed by atoms with E-state index in [1.165, 1.54) is 35.6 Å². The fourth-order valence-electron chi connectivity index (χ4n) is 3.99. The first-order valence-electron chi connectivity index (χ1n) is 10.7. The molecule has 0 atom stereocenters. The molecule has 8 nitrogen and oxygen atoms in total. The van der Waals surface area contributed by atoms with Crippen LogP contribution in [0.3, 0.4) is 0 Å². The predicted molar refractivity (Wildman–Crippen MR) is 128 cm³/mol. The summed E-state index contributed by atoms with van der Waals surface area (Å²) in [6, 6.07) is 19.0. The third-order valence-electron chi connectivity index (χ3n) is 5.86. The van der Waals surface area contributed by atoms with E-state index in [4.69, 9.17) is 4.74 Å². The van der Waals surface area contributed by atoms with Gasteiger partial charge in [0, 0.05) is 20.0 Å². The number of esters is 1. The van der Waals surface area contributed by atoms with Crippen molar-refractivity contribution in [2.45, 2.75) is 24.3 Å². The van der Waals surface area contributed by atoms with Gasteiger partial charge in [0.15, 0.2) is 0 Å². The molecule has 0 aliphatic carbocycles. The van der Waals surface area contributed by atoms with Crippen molar-refractivity contribution in [3.63, 3.8) is 0 Å². The van der Waals surface area contributed by atoms with Crippen LogP contribution in [-0.2, 0) is 23.0 Å². The van der Waals surface area contributed by atoms with Crippen LogP contribution in [0.1, 0.15) is 22.6 Å². The first-order valence-corrected chi connectivity index (χ1v) is 12.2. The summed E-state index contributed by atoms with van der Waals surface area (Å²) in [5.74, 6) is 0.400. The number of fused-ring (bicyclic) bond motifs is 2. The number of ether oxygens (including phenoxy) is 1. The number of anilines is 1. The maximum Gasteiger partial charge on any atom is 0.343 e. The molecule has 5 rings (SSSR count). The van der Waals surface area contributed by atoms with Gasteiger partial charge in [-0.1, -0.05) is 18.2 Å². The molecule has 9 heteroatoms. The average molecular weight is 476 g/mol. The number of hydrogen-bond donors (Lipinski definition) is 0. The Balaban J connectivity index is 1.35. The summed E-state index contributed by atoms with van der Waals surface area (Å²) >= 11 is 0. The Labute approximate surface area is 196 Å². The fourth-order valence-corrected chi connectivity index (χ4v) is 5.21. The zero-order valence-electron chi connectivity index (χ0n) is 18.3. The molecule has 1 aliphatic rings. The van der Waals surface area contributed by atoms with Crippen molar-refractivity contribution in [3.05, 3.63) is 94.5 Å². The summed E-state index contributed by atoms with van der Waals surface area (Å²) in [5.41, 5.74) is 1.07. The fraction of sp³-hybridized carbons (Fsp3) is 0.160. The lowest BCUT2D eigenvalue weighted by Gasteiger charge is -2.19. The van der Waals surface area contributed by atoms with Crippen molar-refractivity contribution in [1.82, 2.24) is 9.55 Å². The van der Waals surface area contributed by atoms with Crippen molar-refractivity contribution in [2.75, 3.05) is 11.4 Å². The van der Waals surface area contributed by atoms with Gasteiger partial charge in [0.05, 0.1) is 27.0 Å². The topological polar surface area (TPSA) is 98.6 Å². The average Bonchev–Trinajstić information content (AvgIpc) is 3.33. The number of benzene rings is 3. The number of carbonyl (C=O) groups excluding carboxylic acids is 1. The van der Waals surface area contributed by atoms with Gasteiger partial charge in [-0.3, -0.25) is 13.7 Å². The van der Waals surface area contributed by atoms with E-state index >= 15 is 0 Å². The zero-order chi connectivity index (χ0) is 23.9. The zero-order valence-corrected chi connectivity index (χ0v) is 19.2. The monoisotopic (exact) mass is 475 g/mol. The van der Waals surface area contributed by atoms with Gasteiger partial charge in [-0.2, -0.15) is 0 Å². The summed E-state index contributed by atoms with van der Waals surface area (Å²) in [7, 11) is -2.25. The van der Waals surface area contributed by atoms with Crippen molar-refractivity contribution >= 4 is 32.6 Å². The number of aryl methyl sites for hydroxylation is 1. The number of rotatable bonds is 5. The molecule has 0 fully saturated rings. The second-order valence-electron chi connectivity index (χ2n) is 7.99. The lowest BCUT2D eigenvalue weighted by Crippen LogP contribution is -2.26. The normalized spacial score (nSPS) is 13.0. The van der Waals surface area contributed by atoms with E-state index in [1.54, 1.807) is 53.1 Å². The molecule has 2 heterocycles. The number of aromatic nitrogens is 2. The third kappa shape index (κ3) is 3.84. The number of carbonyl (C=O) groups is 1. The molecule has 0 amide bonds. The van der Waals surface area contributed by atoms with Crippen LogP contribution >= 0.6 is 0 Å². The minimum absolute atomic E-state index is 0.0948. The highest BCUT2D eigenvalue weighted by Gasteiger charge is 2.21. The summed E-state index contributed by atoms with van der Waals surface area (Å²) < 4.78 is 33.9. The van der Waals surface area contributed by atoms with Gasteiger partial charge in [-0.05, 0) is 61.0 Å². The Hall–Kier alpha value is -3.98. The lowest BCUT2D eigenvalue weighted by atomic mass is 10.1. The lowest BCUT2D eigenvalue weighted by molar-refractivity contribution is 0.0735. The SMILES string of the molecule is CN(c1ccc(OC(=O)c2ccc3c(=O)n4c(nc3c2)CCC4)cc1)S(=O)(=O)c1ccccc1. The molecular formula is C25H21N3O5S. The minimum atomic E-state index is -3.71. The summed E-state index contributed by atoms with van der Waals surface area (Å²) in [6.45, 7) is 0.665. The first-order chi connectivity index (χ1) is 16.3. The summed E-state index contributed by atoms with van der Waals surface area (Å²) in [6.07, 6.45) is 1.62. The molecule has 1 aliphatic heterocycles. The smallest absolute Gasteiger partial charge is 0.343 e. The van der Waals surface area contributed by atoms with Gasteiger partial charge in [-0.15, -0.1) is 0 Å². The van der Waals surface area contributed by atoms with Gasteiger partial charge in [0.25, 0.3) is 15.6 Å². The molecule has 1 aromatic heterocycles. The Morgan fingerprint density at radius 3 is 2.50 bits per heavy atom. The van der Waals surface area contributed by atoms with Gasteiger partial charge >= 0.3 is 5.97 Å². The quantitative estimate of drug-likeness (QED) is 0.324. The van der Waals surface area contributed by atoms with E-state index in [9.17, 15) is 18.0 Å². The molecule has 3 aromatic carbocycles. The van der Waals surface area contributed by atoms with E-state index < -0.39 is 16.0 Å². The Morgan fingerprint density at radius 1 is 1.03 bits per heavy atom. The summed E-state index contributed by atoms with van der Waals surface area (Å²) in [5, 5.41) is 0.467. The Morgan fingerprint density at radius 2 is 1.76 bits per heavy atom. The van der Waals surface area contributed by atoms with Crippen LogP contribution in [0.15, 0.2) is 82.5 Å². The summed E-state index contributed by atoms with van der Waals surface area (Å²) in [4.78, 5) is 30.0. The number of sulfonamides is 1.